The van der Waals surface area contributed by atoms with Crippen LogP contribution in [0.5, 0.6) is 0 Å². The van der Waals surface area contributed by atoms with Crippen molar-refractivity contribution in [3.63, 3.8) is 0 Å². The average Bonchev–Trinajstić information content (AvgIpc) is 3.06. The van der Waals surface area contributed by atoms with Crippen molar-refractivity contribution in [1.29, 1.82) is 0 Å². The summed E-state index contributed by atoms with van der Waals surface area (Å²) in [5, 5.41) is 4.88. The molecule has 0 saturated carbocycles. The van der Waals surface area contributed by atoms with Gasteiger partial charge in [0, 0.05) is 39.6 Å². The highest BCUT2D eigenvalue weighted by Crippen LogP contribution is 2.33. The number of pyridine rings is 2. The molecule has 1 atom stereocenters. The highest BCUT2D eigenvalue weighted by Gasteiger charge is 2.32. The molecule has 144 valence electrons. The Bertz CT molecular complexity index is 1100. The van der Waals surface area contributed by atoms with E-state index in [1.807, 2.05) is 49.4 Å². The van der Waals surface area contributed by atoms with Crippen LogP contribution in [0.3, 0.4) is 0 Å². The van der Waals surface area contributed by atoms with Crippen LogP contribution in [0.2, 0.25) is 0 Å². The molecule has 1 saturated heterocycles. The third-order valence-corrected chi connectivity index (χ3v) is 5.49. The predicted molar refractivity (Wildman–Crippen MR) is 112 cm³/mol. The first kappa shape index (κ1) is 18.9. The molecular weight excluding hydrogens is 384 g/mol. The van der Waals surface area contributed by atoms with Crippen molar-refractivity contribution < 1.29 is 9.59 Å². The van der Waals surface area contributed by atoms with Gasteiger partial charge in [-0.2, -0.15) is 0 Å². The van der Waals surface area contributed by atoms with Gasteiger partial charge in [-0.05, 0) is 48.4 Å². The van der Waals surface area contributed by atoms with E-state index in [1.54, 1.807) is 18.6 Å². The molecule has 0 spiro atoms. The highest BCUT2D eigenvalue weighted by molar-refractivity contribution is 7.99. The van der Waals surface area contributed by atoms with Gasteiger partial charge in [-0.15, -0.1) is 0 Å². The number of urea groups is 1. The van der Waals surface area contributed by atoms with Crippen molar-refractivity contribution >= 4 is 35.9 Å². The molecule has 1 unspecified atom stereocenters. The fourth-order valence-corrected chi connectivity index (χ4v) is 3.92. The first-order valence-corrected chi connectivity index (χ1v) is 9.84. The predicted octanol–water partition coefficient (Wildman–Crippen LogP) is 3.99. The van der Waals surface area contributed by atoms with E-state index in [9.17, 15) is 9.59 Å². The van der Waals surface area contributed by atoms with Gasteiger partial charge < -0.3 is 5.32 Å². The van der Waals surface area contributed by atoms with Gasteiger partial charge in [0.15, 0.2) is 0 Å². The fraction of sp³-hybridized carbons (Fsp3) is 0.0909. The molecule has 2 N–H and O–H groups in total. The molecule has 0 bridgehead atoms. The van der Waals surface area contributed by atoms with Gasteiger partial charge in [0.2, 0.25) is 0 Å². The number of nitrogens with one attached hydrogen (secondary N) is 2. The van der Waals surface area contributed by atoms with Gasteiger partial charge in [-0.25, -0.2) is 4.79 Å². The molecule has 3 heterocycles. The molecule has 0 radical (unpaired) electrons. The Hall–Kier alpha value is -3.45. The quantitative estimate of drug-likeness (QED) is 0.631. The topological polar surface area (TPSA) is 84.0 Å². The van der Waals surface area contributed by atoms with Crippen LogP contribution in [-0.4, -0.2) is 21.9 Å². The summed E-state index contributed by atoms with van der Waals surface area (Å²) in [6, 6.07) is 12.8. The van der Waals surface area contributed by atoms with Crippen LogP contribution in [0.1, 0.15) is 28.4 Å². The summed E-state index contributed by atoms with van der Waals surface area (Å²) >= 11 is 1.53. The number of rotatable bonds is 5. The molecule has 3 amide bonds. The number of amides is 3. The van der Waals surface area contributed by atoms with E-state index in [-0.39, 0.29) is 5.91 Å². The minimum atomic E-state index is -0.718. The number of carbonyl (C=O) groups is 2. The lowest BCUT2D eigenvalue weighted by Gasteiger charge is -2.12. The van der Waals surface area contributed by atoms with Crippen molar-refractivity contribution in [2.45, 2.75) is 22.8 Å². The second-order valence-corrected chi connectivity index (χ2v) is 7.66. The van der Waals surface area contributed by atoms with Crippen LogP contribution >= 0.6 is 11.8 Å². The van der Waals surface area contributed by atoms with Crippen molar-refractivity contribution in [3.8, 4) is 0 Å². The summed E-state index contributed by atoms with van der Waals surface area (Å²) < 4.78 is 0. The first-order chi connectivity index (χ1) is 14.1. The standard InChI is InChI=1S/C22H18N4O2S/c1-14-12-16(8-11-24-14)3-2-15-4-6-17(7-5-15)29-19-9-10-23-13-18(19)20-21(27)26-22(28)25-20/h2-13,20H,1H3,(H2,25,26,27,28)/b3-2+. The molecule has 1 fully saturated rings. The summed E-state index contributed by atoms with van der Waals surface area (Å²) in [7, 11) is 0. The lowest BCUT2D eigenvalue weighted by Crippen LogP contribution is -2.22. The van der Waals surface area contributed by atoms with Crippen molar-refractivity contribution in [2.75, 3.05) is 0 Å². The molecule has 2 aromatic heterocycles. The van der Waals surface area contributed by atoms with Crippen molar-refractivity contribution in [2.24, 2.45) is 0 Å². The highest BCUT2D eigenvalue weighted by atomic mass is 32.2. The number of nitrogens with zero attached hydrogens (tertiary/aromatic N) is 2. The maximum atomic E-state index is 12.0. The van der Waals surface area contributed by atoms with Gasteiger partial charge in [-0.1, -0.05) is 36.0 Å². The summed E-state index contributed by atoms with van der Waals surface area (Å²) in [5.74, 6) is -0.364. The Labute approximate surface area is 172 Å². The van der Waals surface area contributed by atoms with Crippen LogP contribution in [0.15, 0.2) is 70.8 Å². The normalized spacial score (nSPS) is 16.1. The second-order valence-electron chi connectivity index (χ2n) is 6.54. The number of aromatic nitrogens is 2. The smallest absolute Gasteiger partial charge is 0.322 e. The summed E-state index contributed by atoms with van der Waals surface area (Å²) in [6.07, 6.45) is 9.20. The zero-order valence-electron chi connectivity index (χ0n) is 15.6. The molecule has 3 aromatic rings. The molecule has 0 aliphatic carbocycles. The molecule has 1 aromatic carbocycles. The van der Waals surface area contributed by atoms with Crippen molar-refractivity contribution in [3.05, 3.63) is 83.4 Å². The second kappa shape index (κ2) is 8.28. The zero-order chi connectivity index (χ0) is 20.2. The van der Waals surface area contributed by atoms with Crippen molar-refractivity contribution in [1.82, 2.24) is 20.6 Å². The van der Waals surface area contributed by atoms with E-state index in [0.717, 1.165) is 26.6 Å². The van der Waals surface area contributed by atoms with Crippen LogP contribution in [0.4, 0.5) is 4.79 Å². The van der Waals surface area contributed by atoms with Gasteiger partial charge in [0.1, 0.15) is 6.04 Å². The monoisotopic (exact) mass is 402 g/mol. The lowest BCUT2D eigenvalue weighted by atomic mass is 10.1. The summed E-state index contributed by atoms with van der Waals surface area (Å²) in [6.45, 7) is 1.97. The van der Waals surface area contributed by atoms with Gasteiger partial charge in [-0.3, -0.25) is 20.1 Å². The Morgan fingerprint density at radius 2 is 1.79 bits per heavy atom. The Kier molecular flexibility index (Phi) is 5.39. The lowest BCUT2D eigenvalue weighted by molar-refractivity contribution is -0.120. The Morgan fingerprint density at radius 3 is 2.52 bits per heavy atom. The van der Waals surface area contributed by atoms with E-state index >= 15 is 0 Å². The number of hydrogen-bond acceptors (Lipinski definition) is 5. The largest absolute Gasteiger partial charge is 0.322 e. The van der Waals surface area contributed by atoms with Gasteiger partial charge >= 0.3 is 6.03 Å². The third kappa shape index (κ3) is 4.52. The fourth-order valence-electron chi connectivity index (χ4n) is 2.98. The molecule has 29 heavy (non-hydrogen) atoms. The molecule has 4 rings (SSSR count). The SMILES string of the molecule is Cc1cc(/C=C/c2ccc(Sc3ccncc3C3NC(=O)NC3=O)cc2)ccn1. The van der Waals surface area contributed by atoms with Crippen LogP contribution < -0.4 is 10.6 Å². The zero-order valence-corrected chi connectivity index (χ0v) is 16.4. The average molecular weight is 402 g/mol. The summed E-state index contributed by atoms with van der Waals surface area (Å²) in [5.41, 5.74) is 3.85. The van der Waals surface area contributed by atoms with Gasteiger partial charge in [0.05, 0.1) is 0 Å². The van der Waals surface area contributed by atoms with Gasteiger partial charge in [0.25, 0.3) is 5.91 Å². The Morgan fingerprint density at radius 1 is 1.00 bits per heavy atom. The molecule has 6 nitrogen and oxygen atoms in total. The number of aryl methyl sites for hydroxylation is 1. The molecular formula is C22H18N4O2S. The maximum absolute atomic E-state index is 12.0. The number of hydrogen-bond donors (Lipinski definition) is 2. The minimum Gasteiger partial charge on any atom is -0.322 e. The number of carbonyl (C=O) groups excluding carboxylic acids is 2. The number of imide groups is 1. The number of benzene rings is 1. The first-order valence-electron chi connectivity index (χ1n) is 9.02. The third-order valence-electron chi connectivity index (χ3n) is 4.39. The van der Waals surface area contributed by atoms with Crippen LogP contribution in [0, 0.1) is 6.92 Å². The van der Waals surface area contributed by atoms with E-state index in [4.69, 9.17) is 0 Å². The van der Waals surface area contributed by atoms with Crippen LogP contribution in [0.25, 0.3) is 12.2 Å². The summed E-state index contributed by atoms with van der Waals surface area (Å²) in [4.78, 5) is 33.7. The molecule has 1 aliphatic rings. The molecule has 7 heteroatoms. The maximum Gasteiger partial charge on any atom is 0.322 e. The van der Waals surface area contributed by atoms with E-state index in [0.29, 0.717) is 5.56 Å². The Balaban J connectivity index is 1.50. The van der Waals surface area contributed by atoms with E-state index in [1.165, 1.54) is 11.8 Å². The van der Waals surface area contributed by atoms with Crippen LogP contribution in [-0.2, 0) is 4.79 Å². The van der Waals surface area contributed by atoms with E-state index < -0.39 is 12.1 Å². The molecule has 1 aliphatic heterocycles. The minimum absolute atomic E-state index is 0.364. The van der Waals surface area contributed by atoms with E-state index in [2.05, 4.69) is 32.8 Å².